The number of hydrogen-bond acceptors (Lipinski definition) is 1. The van der Waals surface area contributed by atoms with Crippen molar-refractivity contribution >= 4 is 22.5 Å². The van der Waals surface area contributed by atoms with Crippen molar-refractivity contribution in [2.45, 2.75) is 0 Å². The maximum atomic E-state index is 8.74. The molecule has 1 unspecified atom stereocenters. The van der Waals surface area contributed by atoms with Gasteiger partial charge >= 0.3 is 0 Å². The highest BCUT2D eigenvalue weighted by Crippen LogP contribution is 2.41. The summed E-state index contributed by atoms with van der Waals surface area (Å²) in [5.41, 5.74) is 0. The maximum absolute atomic E-state index is 8.74. The Morgan fingerprint density at radius 2 is 2.44 bits per heavy atom. The summed E-state index contributed by atoms with van der Waals surface area (Å²) >= 11 is 5.72. The van der Waals surface area contributed by atoms with E-state index in [1.807, 2.05) is 11.5 Å². The Kier molecular flexibility index (Phi) is 2.22. The summed E-state index contributed by atoms with van der Waals surface area (Å²) in [6.07, 6.45) is 3.94. The van der Waals surface area contributed by atoms with E-state index in [-0.39, 0.29) is 17.5 Å². The fraction of sp³-hybridized carbons (Fsp3) is 0.333. The Morgan fingerprint density at radius 1 is 1.78 bits per heavy atom. The lowest BCUT2D eigenvalue weighted by atomic mass is 10.5. The summed E-state index contributed by atoms with van der Waals surface area (Å²) in [4.78, 5) is 0.992. The predicted molar refractivity (Wildman–Crippen MR) is 44.0 cm³/mol. The van der Waals surface area contributed by atoms with Gasteiger partial charge in [0.05, 0.1) is 11.6 Å². The van der Waals surface area contributed by atoms with Crippen molar-refractivity contribution in [3.05, 3.63) is 21.4 Å². The molecular weight excluding hydrogens is 156 g/mol. The Morgan fingerprint density at radius 3 is 2.67 bits per heavy atom. The van der Waals surface area contributed by atoms with Gasteiger partial charge in [0.1, 0.15) is 0 Å². The molecule has 1 aliphatic rings. The lowest BCUT2D eigenvalue weighted by molar-refractivity contribution is 0.339. The van der Waals surface area contributed by atoms with Crippen LogP contribution in [0.2, 0.25) is 0 Å². The molecule has 0 aromatic heterocycles. The van der Waals surface area contributed by atoms with Gasteiger partial charge < -0.3 is 5.11 Å². The van der Waals surface area contributed by atoms with Crippen LogP contribution in [-0.2, 0) is 0 Å². The van der Waals surface area contributed by atoms with Gasteiger partial charge in [0.15, 0.2) is 0 Å². The van der Waals surface area contributed by atoms with Crippen molar-refractivity contribution in [3.63, 3.8) is 0 Å². The first kappa shape index (κ1) is 7.19. The molecule has 1 atom stereocenters. The van der Waals surface area contributed by atoms with E-state index in [0.717, 1.165) is 9.94 Å². The van der Waals surface area contributed by atoms with E-state index in [1.165, 1.54) is 0 Å². The van der Waals surface area contributed by atoms with Crippen molar-refractivity contribution in [3.8, 4) is 0 Å². The molecule has 0 radical (unpaired) electrons. The molecule has 0 saturated heterocycles. The summed E-state index contributed by atoms with van der Waals surface area (Å²) in [6.45, 7) is 0.105. The summed E-state index contributed by atoms with van der Waals surface area (Å²) in [7, 11) is -0.251. The second-order valence-corrected chi connectivity index (χ2v) is 4.35. The highest BCUT2D eigenvalue weighted by Gasteiger charge is 2.09. The molecule has 9 heavy (non-hydrogen) atoms. The molecule has 0 aromatic carbocycles. The third-order valence-corrected chi connectivity index (χ3v) is 3.61. The third kappa shape index (κ3) is 1.31. The number of thiol groups is 1. The average Bonchev–Trinajstić information content (AvgIpc) is 2.12. The number of hydrogen-bond donors (Lipinski definition) is 2. The largest absolute Gasteiger partial charge is 0.391 e. The maximum Gasteiger partial charge on any atom is 0.0741 e. The standard InChI is InChI=1S/C6H9ClOS/c1-9-3-2-5(7)6(9)4-8/h2-3,8-9H,4H2,1H3. The molecule has 0 aliphatic carbocycles. The predicted octanol–water partition coefficient (Wildman–Crippen LogP) is 1.59. The van der Waals surface area contributed by atoms with Gasteiger partial charge in [-0.1, -0.05) is 11.6 Å². The van der Waals surface area contributed by atoms with Crippen molar-refractivity contribution in [1.82, 2.24) is 0 Å². The Labute approximate surface area is 62.4 Å². The number of rotatable bonds is 1. The van der Waals surface area contributed by atoms with Gasteiger partial charge in [-0.3, -0.25) is 0 Å². The van der Waals surface area contributed by atoms with E-state index < -0.39 is 0 Å². The average molecular weight is 165 g/mol. The first-order valence-corrected chi connectivity index (χ1v) is 4.90. The monoisotopic (exact) mass is 164 g/mol. The van der Waals surface area contributed by atoms with Crippen LogP contribution in [0.3, 0.4) is 0 Å². The molecule has 1 heterocycles. The molecule has 0 amide bonds. The van der Waals surface area contributed by atoms with Crippen molar-refractivity contribution in [2.75, 3.05) is 12.9 Å². The summed E-state index contributed by atoms with van der Waals surface area (Å²) in [5.74, 6) is 0. The summed E-state index contributed by atoms with van der Waals surface area (Å²) in [5, 5.41) is 11.5. The summed E-state index contributed by atoms with van der Waals surface area (Å²) in [6, 6.07) is 0. The van der Waals surface area contributed by atoms with E-state index in [1.54, 1.807) is 0 Å². The lowest BCUT2D eigenvalue weighted by Crippen LogP contribution is -1.86. The zero-order valence-corrected chi connectivity index (χ0v) is 6.78. The molecule has 0 spiro atoms. The fourth-order valence-corrected chi connectivity index (χ4v) is 2.52. The first-order chi connectivity index (χ1) is 4.25. The molecular formula is C6H9ClOS. The van der Waals surface area contributed by atoms with Crippen LogP contribution in [0.1, 0.15) is 0 Å². The van der Waals surface area contributed by atoms with Gasteiger partial charge in [-0.05, 0) is 17.7 Å². The fourth-order valence-electron chi connectivity index (χ4n) is 0.719. The minimum absolute atomic E-state index is 0.105. The van der Waals surface area contributed by atoms with Gasteiger partial charge in [-0.25, -0.2) is 10.9 Å². The van der Waals surface area contributed by atoms with E-state index in [4.69, 9.17) is 16.7 Å². The normalized spacial score (nSPS) is 29.9. The highest BCUT2D eigenvalue weighted by atomic mass is 35.5. The van der Waals surface area contributed by atoms with Crippen LogP contribution in [-0.4, -0.2) is 18.0 Å². The van der Waals surface area contributed by atoms with Gasteiger partial charge in [-0.2, -0.15) is 0 Å². The van der Waals surface area contributed by atoms with Crippen LogP contribution < -0.4 is 0 Å². The zero-order chi connectivity index (χ0) is 6.85. The molecule has 1 N–H and O–H groups in total. The zero-order valence-electron chi connectivity index (χ0n) is 5.13. The SMILES string of the molecule is C[SH]1C=CC(Cl)=C1CO. The van der Waals surface area contributed by atoms with Gasteiger partial charge in [0, 0.05) is 4.91 Å². The van der Waals surface area contributed by atoms with Crippen LogP contribution in [0, 0.1) is 0 Å². The van der Waals surface area contributed by atoms with E-state index in [2.05, 4.69) is 6.26 Å². The van der Waals surface area contributed by atoms with E-state index in [9.17, 15) is 0 Å². The third-order valence-electron chi connectivity index (χ3n) is 1.30. The second-order valence-electron chi connectivity index (χ2n) is 1.88. The van der Waals surface area contributed by atoms with Gasteiger partial charge in [0.2, 0.25) is 0 Å². The van der Waals surface area contributed by atoms with Crippen LogP contribution in [0.25, 0.3) is 0 Å². The van der Waals surface area contributed by atoms with E-state index in [0.29, 0.717) is 0 Å². The molecule has 3 heteroatoms. The summed E-state index contributed by atoms with van der Waals surface area (Å²) < 4.78 is 0. The number of aliphatic hydroxyl groups excluding tert-OH is 1. The minimum atomic E-state index is -0.251. The van der Waals surface area contributed by atoms with Crippen LogP contribution in [0.15, 0.2) is 21.4 Å². The first-order valence-electron chi connectivity index (χ1n) is 2.66. The molecule has 1 aliphatic heterocycles. The molecule has 0 aromatic rings. The number of halogens is 1. The molecule has 1 nitrogen and oxygen atoms in total. The molecule has 0 fully saturated rings. The van der Waals surface area contributed by atoms with E-state index >= 15 is 0 Å². The second kappa shape index (κ2) is 2.78. The molecule has 1 rings (SSSR count). The number of allylic oxidation sites excluding steroid dienone is 2. The van der Waals surface area contributed by atoms with Crippen LogP contribution in [0.4, 0.5) is 0 Å². The molecule has 0 bridgehead atoms. The Balaban J connectivity index is 2.79. The highest BCUT2D eigenvalue weighted by molar-refractivity contribution is 8.22. The van der Waals surface area contributed by atoms with Gasteiger partial charge in [-0.15, -0.1) is 0 Å². The van der Waals surface area contributed by atoms with Gasteiger partial charge in [0.25, 0.3) is 0 Å². The Bertz CT molecular complexity index is 174. The smallest absolute Gasteiger partial charge is 0.0741 e. The van der Waals surface area contributed by atoms with Crippen molar-refractivity contribution < 1.29 is 5.11 Å². The molecule has 52 valence electrons. The van der Waals surface area contributed by atoms with Crippen LogP contribution in [0.5, 0.6) is 0 Å². The minimum Gasteiger partial charge on any atom is -0.391 e. The van der Waals surface area contributed by atoms with Crippen LogP contribution >= 0.6 is 22.5 Å². The lowest BCUT2D eigenvalue weighted by Gasteiger charge is -2.07. The van der Waals surface area contributed by atoms with Crippen molar-refractivity contribution in [1.29, 1.82) is 0 Å². The topological polar surface area (TPSA) is 20.2 Å². The van der Waals surface area contributed by atoms with Crippen molar-refractivity contribution in [2.24, 2.45) is 0 Å². The molecule has 0 saturated carbocycles. The number of aliphatic hydroxyl groups is 1. The quantitative estimate of drug-likeness (QED) is 0.564. The Hall–Kier alpha value is 0.0800.